The van der Waals surface area contributed by atoms with Crippen molar-refractivity contribution in [1.29, 1.82) is 0 Å². The number of ether oxygens (including phenoxy) is 3. The van der Waals surface area contributed by atoms with Crippen LogP contribution in [-0.2, 0) is 12.8 Å². The quantitative estimate of drug-likeness (QED) is 0.848. The van der Waals surface area contributed by atoms with E-state index in [9.17, 15) is 4.79 Å². The molecule has 25 heavy (non-hydrogen) atoms. The van der Waals surface area contributed by atoms with Crippen molar-refractivity contribution in [2.24, 2.45) is 0 Å². The lowest BCUT2D eigenvalue weighted by Gasteiger charge is -2.20. The number of amides is 1. The fourth-order valence-corrected chi connectivity index (χ4v) is 3.17. The minimum absolute atomic E-state index is 0.0166. The van der Waals surface area contributed by atoms with Crippen molar-refractivity contribution in [3.8, 4) is 17.4 Å². The van der Waals surface area contributed by atoms with Gasteiger partial charge in [-0.3, -0.25) is 4.79 Å². The zero-order valence-corrected chi connectivity index (χ0v) is 14.0. The van der Waals surface area contributed by atoms with Crippen molar-refractivity contribution in [1.82, 2.24) is 14.9 Å². The summed E-state index contributed by atoms with van der Waals surface area (Å²) in [7, 11) is 0. The molecule has 1 amide bonds. The van der Waals surface area contributed by atoms with Crippen LogP contribution in [0.5, 0.6) is 17.4 Å². The molecular weight excluding hydrogens is 322 g/mol. The minimum Gasteiger partial charge on any atom is -0.478 e. The Hall–Kier alpha value is -2.83. The van der Waals surface area contributed by atoms with E-state index < -0.39 is 0 Å². The molecule has 2 aliphatic heterocycles. The molecule has 0 fully saturated rings. The number of nitrogens with zero attached hydrogens (tertiary/aromatic N) is 3. The van der Waals surface area contributed by atoms with Gasteiger partial charge in [0.25, 0.3) is 5.91 Å². The lowest BCUT2D eigenvalue weighted by Crippen LogP contribution is -2.33. The number of hydrogen-bond acceptors (Lipinski definition) is 6. The molecule has 0 spiro atoms. The smallest absolute Gasteiger partial charge is 0.254 e. The number of carbonyl (C=O) groups is 1. The van der Waals surface area contributed by atoms with Crippen LogP contribution in [0.25, 0.3) is 0 Å². The van der Waals surface area contributed by atoms with Gasteiger partial charge in [-0.2, -0.15) is 0 Å². The van der Waals surface area contributed by atoms with Crippen LogP contribution in [0, 0.1) is 0 Å². The molecule has 1 aromatic carbocycles. The summed E-state index contributed by atoms with van der Waals surface area (Å²) in [4.78, 5) is 23.3. The molecule has 0 aliphatic carbocycles. The molecule has 3 heterocycles. The molecule has 2 aliphatic rings. The topological polar surface area (TPSA) is 73.8 Å². The summed E-state index contributed by atoms with van der Waals surface area (Å²) in [6, 6.07) is 5.30. The Balaban J connectivity index is 1.53. The van der Waals surface area contributed by atoms with Crippen LogP contribution in [0.4, 0.5) is 0 Å². The lowest BCUT2D eigenvalue weighted by atomic mass is 10.1. The fourth-order valence-electron chi connectivity index (χ4n) is 3.17. The van der Waals surface area contributed by atoms with E-state index in [4.69, 9.17) is 14.2 Å². The summed E-state index contributed by atoms with van der Waals surface area (Å²) in [5.41, 5.74) is 2.57. The van der Waals surface area contributed by atoms with Crippen molar-refractivity contribution >= 4 is 5.91 Å². The maximum absolute atomic E-state index is 12.9. The molecule has 0 unspecified atom stereocenters. The predicted molar refractivity (Wildman–Crippen MR) is 89.1 cm³/mol. The molecule has 0 saturated heterocycles. The second kappa shape index (κ2) is 6.58. The Morgan fingerprint density at radius 1 is 1.20 bits per heavy atom. The zero-order valence-electron chi connectivity index (χ0n) is 14.0. The summed E-state index contributed by atoms with van der Waals surface area (Å²) < 4.78 is 16.3. The molecule has 4 rings (SSSR count). The van der Waals surface area contributed by atoms with Gasteiger partial charge in [-0.1, -0.05) is 0 Å². The molecule has 0 bridgehead atoms. The van der Waals surface area contributed by atoms with Gasteiger partial charge in [0.1, 0.15) is 6.33 Å². The van der Waals surface area contributed by atoms with Crippen molar-refractivity contribution in [2.75, 3.05) is 26.5 Å². The van der Waals surface area contributed by atoms with Gasteiger partial charge < -0.3 is 19.1 Å². The molecule has 0 N–H and O–H groups in total. The molecule has 0 saturated carbocycles. The van der Waals surface area contributed by atoms with Gasteiger partial charge in [0.15, 0.2) is 11.5 Å². The molecule has 2 aromatic rings. The van der Waals surface area contributed by atoms with E-state index >= 15 is 0 Å². The lowest BCUT2D eigenvalue weighted by molar-refractivity contribution is 0.0762. The van der Waals surface area contributed by atoms with Gasteiger partial charge in [0, 0.05) is 30.6 Å². The van der Waals surface area contributed by atoms with Gasteiger partial charge in [-0.25, -0.2) is 9.97 Å². The first kappa shape index (κ1) is 15.7. The largest absolute Gasteiger partial charge is 0.478 e. The van der Waals surface area contributed by atoms with Crippen LogP contribution >= 0.6 is 0 Å². The highest BCUT2D eigenvalue weighted by molar-refractivity contribution is 5.95. The summed E-state index contributed by atoms with van der Waals surface area (Å²) >= 11 is 0. The van der Waals surface area contributed by atoms with E-state index in [-0.39, 0.29) is 12.7 Å². The van der Waals surface area contributed by atoms with Crippen LogP contribution in [0.3, 0.4) is 0 Å². The molecule has 0 atom stereocenters. The standard InChI is InChI=1S/C18H19N3O4/c1-2-23-17-13-5-7-21(8-6-14(13)19-10-20-17)18(22)12-3-4-15-16(9-12)25-11-24-15/h3-4,9-10H,2,5-8,11H2,1H3. The van der Waals surface area contributed by atoms with E-state index in [2.05, 4.69) is 9.97 Å². The van der Waals surface area contributed by atoms with Crippen molar-refractivity contribution in [3.63, 3.8) is 0 Å². The zero-order chi connectivity index (χ0) is 17.2. The summed E-state index contributed by atoms with van der Waals surface area (Å²) in [6.07, 6.45) is 2.90. The van der Waals surface area contributed by atoms with E-state index in [1.165, 1.54) is 6.33 Å². The maximum atomic E-state index is 12.9. The first-order chi connectivity index (χ1) is 12.3. The normalized spacial score (nSPS) is 15.5. The molecule has 7 heteroatoms. The van der Waals surface area contributed by atoms with E-state index in [1.54, 1.807) is 18.2 Å². The van der Waals surface area contributed by atoms with Crippen LogP contribution in [0.15, 0.2) is 24.5 Å². The Morgan fingerprint density at radius 3 is 2.92 bits per heavy atom. The van der Waals surface area contributed by atoms with Gasteiger partial charge in [-0.15, -0.1) is 0 Å². The first-order valence-corrected chi connectivity index (χ1v) is 8.40. The average molecular weight is 341 g/mol. The van der Waals surface area contributed by atoms with Crippen LogP contribution in [-0.4, -0.2) is 47.3 Å². The second-order valence-electron chi connectivity index (χ2n) is 5.90. The molecular formula is C18H19N3O4. The van der Waals surface area contributed by atoms with Crippen molar-refractivity contribution in [3.05, 3.63) is 41.3 Å². The van der Waals surface area contributed by atoms with Crippen molar-refractivity contribution in [2.45, 2.75) is 19.8 Å². The Morgan fingerprint density at radius 2 is 2.04 bits per heavy atom. The Kier molecular flexibility index (Phi) is 4.13. The Bertz CT molecular complexity index is 809. The average Bonchev–Trinajstić information content (AvgIpc) is 2.99. The van der Waals surface area contributed by atoms with Gasteiger partial charge in [0.05, 0.1) is 12.3 Å². The van der Waals surface area contributed by atoms with Gasteiger partial charge in [-0.05, 0) is 31.5 Å². The third-order valence-corrected chi connectivity index (χ3v) is 4.43. The highest BCUT2D eigenvalue weighted by atomic mass is 16.7. The number of aromatic nitrogens is 2. The SMILES string of the molecule is CCOc1ncnc2c1CCN(C(=O)c1ccc3c(c1)OCO3)CC2. The van der Waals surface area contributed by atoms with E-state index in [0.29, 0.717) is 55.5 Å². The third-order valence-electron chi connectivity index (χ3n) is 4.43. The maximum Gasteiger partial charge on any atom is 0.254 e. The van der Waals surface area contributed by atoms with Crippen LogP contribution < -0.4 is 14.2 Å². The number of carbonyl (C=O) groups excluding carboxylic acids is 1. The van der Waals surface area contributed by atoms with Crippen LogP contribution in [0.2, 0.25) is 0 Å². The molecule has 1 aromatic heterocycles. The minimum atomic E-state index is -0.0166. The number of hydrogen-bond donors (Lipinski definition) is 0. The molecule has 130 valence electrons. The van der Waals surface area contributed by atoms with Crippen molar-refractivity contribution < 1.29 is 19.0 Å². The monoisotopic (exact) mass is 341 g/mol. The first-order valence-electron chi connectivity index (χ1n) is 8.40. The highest BCUT2D eigenvalue weighted by Gasteiger charge is 2.24. The molecule has 0 radical (unpaired) electrons. The Labute approximate surface area is 145 Å². The number of fused-ring (bicyclic) bond motifs is 2. The third kappa shape index (κ3) is 2.97. The fraction of sp³-hybridized carbons (Fsp3) is 0.389. The highest BCUT2D eigenvalue weighted by Crippen LogP contribution is 2.33. The number of benzene rings is 1. The van der Waals surface area contributed by atoms with E-state index in [1.807, 2.05) is 11.8 Å². The van der Waals surface area contributed by atoms with E-state index in [0.717, 1.165) is 11.3 Å². The number of rotatable bonds is 3. The summed E-state index contributed by atoms with van der Waals surface area (Å²) in [5, 5.41) is 0. The van der Waals surface area contributed by atoms with Gasteiger partial charge in [0.2, 0.25) is 12.7 Å². The second-order valence-corrected chi connectivity index (χ2v) is 5.90. The summed E-state index contributed by atoms with van der Waals surface area (Å²) in [6.45, 7) is 3.91. The molecule has 7 nitrogen and oxygen atoms in total. The predicted octanol–water partition coefficient (Wildman–Crippen LogP) is 1.85. The van der Waals surface area contributed by atoms with Crippen LogP contribution in [0.1, 0.15) is 28.5 Å². The van der Waals surface area contributed by atoms with Gasteiger partial charge >= 0.3 is 0 Å². The summed E-state index contributed by atoms with van der Waals surface area (Å²) in [5.74, 6) is 1.91.